The Kier molecular flexibility index (Phi) is 5.04. The standard InChI is InChI=1S/C19H21N3O/c23-19(9-8-16-5-2-1-3-6-16)22-13-10-17(11-14-22)21-18-7-4-12-20-15-18/h1-9,12,15,17,21H,10-11,13-14H2/b9-8+. The molecule has 4 heteroatoms. The number of carbonyl (C=O) groups excluding carboxylic acids is 1. The van der Waals surface area contributed by atoms with Crippen molar-refractivity contribution in [2.45, 2.75) is 18.9 Å². The molecule has 1 aliphatic rings. The molecular formula is C19H21N3O. The maximum absolute atomic E-state index is 12.2. The number of nitrogens with one attached hydrogen (secondary N) is 1. The SMILES string of the molecule is O=C(/C=C/c1ccccc1)N1CCC(Nc2cccnc2)CC1. The highest BCUT2D eigenvalue weighted by molar-refractivity contribution is 5.91. The summed E-state index contributed by atoms with van der Waals surface area (Å²) in [5.74, 6) is 0.0914. The van der Waals surface area contributed by atoms with Crippen LogP contribution in [0.1, 0.15) is 18.4 Å². The highest BCUT2D eigenvalue weighted by atomic mass is 16.2. The van der Waals surface area contributed by atoms with Gasteiger partial charge in [-0.2, -0.15) is 0 Å². The van der Waals surface area contributed by atoms with E-state index >= 15 is 0 Å². The van der Waals surface area contributed by atoms with Crippen LogP contribution < -0.4 is 5.32 Å². The van der Waals surface area contributed by atoms with Gasteiger partial charge in [0, 0.05) is 37.6 Å². The maximum atomic E-state index is 12.2. The molecule has 2 heterocycles. The van der Waals surface area contributed by atoms with Gasteiger partial charge in [0.25, 0.3) is 0 Å². The molecule has 1 aliphatic heterocycles. The molecular weight excluding hydrogens is 286 g/mol. The minimum absolute atomic E-state index is 0.0914. The molecule has 1 saturated heterocycles. The van der Waals surface area contributed by atoms with E-state index in [0.29, 0.717) is 6.04 Å². The lowest BCUT2D eigenvalue weighted by Gasteiger charge is -2.32. The summed E-state index contributed by atoms with van der Waals surface area (Å²) < 4.78 is 0. The van der Waals surface area contributed by atoms with E-state index in [4.69, 9.17) is 0 Å². The van der Waals surface area contributed by atoms with Crippen molar-refractivity contribution in [1.82, 2.24) is 9.88 Å². The van der Waals surface area contributed by atoms with Crippen LogP contribution in [-0.2, 0) is 4.79 Å². The number of nitrogens with zero attached hydrogens (tertiary/aromatic N) is 2. The summed E-state index contributed by atoms with van der Waals surface area (Å²) in [5, 5.41) is 3.48. The number of anilines is 1. The predicted octanol–water partition coefficient (Wildman–Crippen LogP) is 3.20. The van der Waals surface area contributed by atoms with E-state index in [1.54, 1.807) is 12.3 Å². The first-order valence-electron chi connectivity index (χ1n) is 8.00. The Labute approximate surface area is 136 Å². The van der Waals surface area contributed by atoms with Crippen LogP contribution in [0.25, 0.3) is 6.08 Å². The largest absolute Gasteiger partial charge is 0.381 e. The zero-order valence-electron chi connectivity index (χ0n) is 13.1. The molecule has 1 fully saturated rings. The van der Waals surface area contributed by atoms with Crippen molar-refractivity contribution in [3.63, 3.8) is 0 Å². The molecule has 118 valence electrons. The van der Waals surface area contributed by atoms with Crippen molar-refractivity contribution in [2.75, 3.05) is 18.4 Å². The van der Waals surface area contributed by atoms with Crippen LogP contribution in [0.4, 0.5) is 5.69 Å². The van der Waals surface area contributed by atoms with E-state index in [-0.39, 0.29) is 5.91 Å². The first-order chi connectivity index (χ1) is 11.3. The minimum Gasteiger partial charge on any atom is -0.381 e. The third-order valence-corrected chi connectivity index (χ3v) is 4.06. The van der Waals surface area contributed by atoms with Crippen molar-refractivity contribution in [1.29, 1.82) is 0 Å². The highest BCUT2D eigenvalue weighted by Gasteiger charge is 2.21. The molecule has 0 radical (unpaired) electrons. The Balaban J connectivity index is 1.48. The molecule has 0 aliphatic carbocycles. The monoisotopic (exact) mass is 307 g/mol. The van der Waals surface area contributed by atoms with Crippen LogP contribution in [0.15, 0.2) is 60.9 Å². The third kappa shape index (κ3) is 4.42. The number of benzene rings is 1. The van der Waals surface area contributed by atoms with Gasteiger partial charge in [-0.15, -0.1) is 0 Å². The molecule has 0 bridgehead atoms. The number of hydrogen-bond donors (Lipinski definition) is 1. The van der Waals surface area contributed by atoms with E-state index in [2.05, 4.69) is 10.3 Å². The molecule has 4 nitrogen and oxygen atoms in total. The van der Waals surface area contributed by atoms with E-state index in [0.717, 1.165) is 37.2 Å². The van der Waals surface area contributed by atoms with Crippen LogP contribution in [0.5, 0.6) is 0 Å². The van der Waals surface area contributed by atoms with E-state index in [1.165, 1.54) is 0 Å². The first kappa shape index (κ1) is 15.3. The Morgan fingerprint density at radius 3 is 2.61 bits per heavy atom. The van der Waals surface area contributed by atoms with Crippen LogP contribution in [0.3, 0.4) is 0 Å². The Hall–Kier alpha value is -2.62. The number of hydrogen-bond acceptors (Lipinski definition) is 3. The van der Waals surface area contributed by atoms with Gasteiger partial charge in [-0.05, 0) is 36.6 Å². The van der Waals surface area contributed by atoms with Crippen molar-refractivity contribution in [3.8, 4) is 0 Å². The van der Waals surface area contributed by atoms with Gasteiger partial charge in [-0.25, -0.2) is 0 Å². The number of likely N-dealkylation sites (tertiary alicyclic amines) is 1. The van der Waals surface area contributed by atoms with Crippen molar-refractivity contribution >= 4 is 17.7 Å². The Morgan fingerprint density at radius 1 is 1.13 bits per heavy atom. The summed E-state index contributed by atoms with van der Waals surface area (Å²) in [6, 6.07) is 14.3. The molecule has 2 aromatic rings. The van der Waals surface area contributed by atoms with Crippen LogP contribution in [-0.4, -0.2) is 34.9 Å². The van der Waals surface area contributed by atoms with Crippen molar-refractivity contribution in [2.24, 2.45) is 0 Å². The Morgan fingerprint density at radius 2 is 1.91 bits per heavy atom. The van der Waals surface area contributed by atoms with Gasteiger partial charge in [0.15, 0.2) is 0 Å². The Bertz CT molecular complexity index is 647. The topological polar surface area (TPSA) is 45.2 Å². The lowest BCUT2D eigenvalue weighted by Crippen LogP contribution is -2.41. The van der Waals surface area contributed by atoms with Crippen LogP contribution >= 0.6 is 0 Å². The molecule has 0 saturated carbocycles. The number of aromatic nitrogens is 1. The number of rotatable bonds is 4. The number of carbonyl (C=O) groups is 1. The van der Waals surface area contributed by atoms with E-state index in [9.17, 15) is 4.79 Å². The summed E-state index contributed by atoms with van der Waals surface area (Å²) in [7, 11) is 0. The van der Waals surface area contributed by atoms with Gasteiger partial charge in [0.1, 0.15) is 0 Å². The molecule has 1 N–H and O–H groups in total. The zero-order valence-corrected chi connectivity index (χ0v) is 13.1. The summed E-state index contributed by atoms with van der Waals surface area (Å²) in [5.41, 5.74) is 2.09. The molecule has 1 amide bonds. The number of amides is 1. The van der Waals surface area contributed by atoms with E-state index < -0.39 is 0 Å². The number of piperidine rings is 1. The van der Waals surface area contributed by atoms with E-state index in [1.807, 2.05) is 59.6 Å². The minimum atomic E-state index is 0.0914. The molecule has 0 atom stereocenters. The fourth-order valence-corrected chi connectivity index (χ4v) is 2.77. The van der Waals surface area contributed by atoms with Gasteiger partial charge in [0.05, 0.1) is 5.69 Å². The quantitative estimate of drug-likeness (QED) is 0.882. The second-order valence-electron chi connectivity index (χ2n) is 5.73. The lowest BCUT2D eigenvalue weighted by molar-refractivity contribution is -0.126. The smallest absolute Gasteiger partial charge is 0.246 e. The molecule has 1 aromatic heterocycles. The molecule has 0 unspecified atom stereocenters. The summed E-state index contributed by atoms with van der Waals surface area (Å²) in [4.78, 5) is 18.3. The third-order valence-electron chi connectivity index (χ3n) is 4.06. The van der Waals surface area contributed by atoms with Gasteiger partial charge < -0.3 is 10.2 Å². The fraction of sp³-hybridized carbons (Fsp3) is 0.263. The molecule has 0 spiro atoms. The zero-order chi connectivity index (χ0) is 15.9. The summed E-state index contributed by atoms with van der Waals surface area (Å²) in [6.45, 7) is 1.58. The van der Waals surface area contributed by atoms with Gasteiger partial charge in [-0.3, -0.25) is 9.78 Å². The van der Waals surface area contributed by atoms with Gasteiger partial charge >= 0.3 is 0 Å². The average Bonchev–Trinajstić information content (AvgIpc) is 2.62. The maximum Gasteiger partial charge on any atom is 0.246 e. The summed E-state index contributed by atoms with van der Waals surface area (Å²) in [6.07, 6.45) is 9.07. The van der Waals surface area contributed by atoms with Crippen molar-refractivity contribution in [3.05, 3.63) is 66.5 Å². The van der Waals surface area contributed by atoms with Crippen LogP contribution in [0.2, 0.25) is 0 Å². The molecule has 3 rings (SSSR count). The van der Waals surface area contributed by atoms with Crippen molar-refractivity contribution < 1.29 is 4.79 Å². The van der Waals surface area contributed by atoms with Gasteiger partial charge in [0.2, 0.25) is 5.91 Å². The summed E-state index contributed by atoms with van der Waals surface area (Å²) >= 11 is 0. The molecule has 1 aromatic carbocycles. The predicted molar refractivity (Wildman–Crippen MR) is 92.9 cm³/mol. The van der Waals surface area contributed by atoms with Crippen LogP contribution in [0, 0.1) is 0 Å². The highest BCUT2D eigenvalue weighted by Crippen LogP contribution is 2.16. The average molecular weight is 307 g/mol. The molecule has 23 heavy (non-hydrogen) atoms. The normalized spacial score (nSPS) is 15.7. The second-order valence-corrected chi connectivity index (χ2v) is 5.73. The second kappa shape index (κ2) is 7.58. The van der Waals surface area contributed by atoms with Gasteiger partial charge in [-0.1, -0.05) is 30.3 Å². The number of pyridine rings is 1. The first-order valence-corrected chi connectivity index (χ1v) is 8.00. The lowest BCUT2D eigenvalue weighted by atomic mass is 10.0. The fourth-order valence-electron chi connectivity index (χ4n) is 2.77.